The molecule has 0 radical (unpaired) electrons. The van der Waals surface area contributed by atoms with Crippen molar-refractivity contribution in [3.63, 3.8) is 0 Å². The normalized spacial score (nSPS) is 12.0. The third-order valence-electron chi connectivity index (χ3n) is 3.96. The van der Waals surface area contributed by atoms with Gasteiger partial charge in [0.05, 0.1) is 12.0 Å². The van der Waals surface area contributed by atoms with Gasteiger partial charge in [0.25, 0.3) is 0 Å². The van der Waals surface area contributed by atoms with Gasteiger partial charge in [0.15, 0.2) is 6.10 Å². The summed E-state index contributed by atoms with van der Waals surface area (Å²) in [6.45, 7) is 5.53. The van der Waals surface area contributed by atoms with Crippen LogP contribution >= 0.6 is 0 Å². The van der Waals surface area contributed by atoms with Crippen LogP contribution in [0, 0.1) is 6.92 Å². The zero-order valence-corrected chi connectivity index (χ0v) is 14.9. The van der Waals surface area contributed by atoms with Gasteiger partial charge < -0.3 is 13.9 Å². The largest absolute Gasteiger partial charge is 0.478 e. The van der Waals surface area contributed by atoms with Gasteiger partial charge >= 0.3 is 11.6 Å². The lowest BCUT2D eigenvalue weighted by Crippen LogP contribution is -2.26. The number of benzene rings is 2. The molecule has 1 heterocycles. The lowest BCUT2D eigenvalue weighted by Gasteiger charge is -2.17. The van der Waals surface area contributed by atoms with Crippen LogP contribution in [-0.2, 0) is 9.53 Å². The van der Waals surface area contributed by atoms with E-state index >= 15 is 0 Å². The first-order valence-corrected chi connectivity index (χ1v) is 8.46. The lowest BCUT2D eigenvalue weighted by atomic mass is 10.0. The molecule has 0 unspecified atom stereocenters. The minimum atomic E-state index is -0.782. The van der Waals surface area contributed by atoms with Crippen LogP contribution in [0.3, 0.4) is 0 Å². The first-order valence-electron chi connectivity index (χ1n) is 8.46. The van der Waals surface area contributed by atoms with Crippen molar-refractivity contribution in [3.8, 4) is 16.9 Å². The van der Waals surface area contributed by atoms with Crippen LogP contribution in [0.5, 0.6) is 5.75 Å². The van der Waals surface area contributed by atoms with Crippen LogP contribution in [-0.4, -0.2) is 18.7 Å². The van der Waals surface area contributed by atoms with Gasteiger partial charge in [0.2, 0.25) is 0 Å². The number of aryl methyl sites for hydroxylation is 1. The highest BCUT2D eigenvalue weighted by Gasteiger charge is 2.20. The number of ether oxygens (including phenoxy) is 2. The standard InChI is InChI=1S/C21H20O5/c1-4-24-21(23)14(3)25-17-10-13(2)11-18-20(17)16(12-19(22)26-18)15-8-6-5-7-9-15/h5-12,14H,4H2,1-3H3/t14-/m0/s1. The molecule has 5 nitrogen and oxygen atoms in total. The van der Waals surface area contributed by atoms with E-state index in [-0.39, 0.29) is 6.61 Å². The molecule has 3 rings (SSSR count). The second kappa shape index (κ2) is 7.44. The van der Waals surface area contributed by atoms with E-state index < -0.39 is 17.7 Å². The first-order chi connectivity index (χ1) is 12.5. The van der Waals surface area contributed by atoms with Crippen molar-refractivity contribution in [1.29, 1.82) is 0 Å². The molecule has 134 valence electrons. The van der Waals surface area contributed by atoms with Crippen molar-refractivity contribution >= 4 is 16.9 Å². The molecule has 0 amide bonds. The average molecular weight is 352 g/mol. The van der Waals surface area contributed by atoms with Crippen LogP contribution in [0.25, 0.3) is 22.1 Å². The van der Waals surface area contributed by atoms with Crippen molar-refractivity contribution in [2.45, 2.75) is 26.9 Å². The Hall–Kier alpha value is -3.08. The Morgan fingerprint density at radius 3 is 2.58 bits per heavy atom. The molecular formula is C21H20O5. The minimum Gasteiger partial charge on any atom is -0.478 e. The van der Waals surface area contributed by atoms with E-state index in [9.17, 15) is 9.59 Å². The molecule has 5 heteroatoms. The first kappa shape index (κ1) is 17.7. The Labute approximate surface area is 151 Å². The fraction of sp³-hybridized carbons (Fsp3) is 0.238. The molecule has 1 atom stereocenters. The molecule has 0 fully saturated rings. The summed E-state index contributed by atoms with van der Waals surface area (Å²) in [5.74, 6) is 0.0314. The van der Waals surface area contributed by atoms with Gasteiger partial charge in [0.1, 0.15) is 11.3 Å². The highest BCUT2D eigenvalue weighted by molar-refractivity contribution is 5.98. The van der Waals surface area contributed by atoms with Crippen LogP contribution in [0.1, 0.15) is 19.4 Å². The molecular weight excluding hydrogens is 332 g/mol. The molecule has 0 saturated heterocycles. The van der Waals surface area contributed by atoms with Gasteiger partial charge in [-0.1, -0.05) is 30.3 Å². The molecule has 26 heavy (non-hydrogen) atoms. The highest BCUT2D eigenvalue weighted by atomic mass is 16.6. The summed E-state index contributed by atoms with van der Waals surface area (Å²) in [5.41, 5.74) is 2.40. The van der Waals surface area contributed by atoms with Gasteiger partial charge in [-0.05, 0) is 44.0 Å². The van der Waals surface area contributed by atoms with Crippen molar-refractivity contribution in [2.24, 2.45) is 0 Å². The lowest BCUT2D eigenvalue weighted by molar-refractivity contribution is -0.150. The Balaban J connectivity index is 2.19. The Morgan fingerprint density at radius 2 is 1.88 bits per heavy atom. The molecule has 0 aliphatic heterocycles. The van der Waals surface area contributed by atoms with E-state index in [1.54, 1.807) is 19.9 Å². The predicted molar refractivity (Wildman–Crippen MR) is 99.4 cm³/mol. The molecule has 0 saturated carbocycles. The van der Waals surface area contributed by atoms with Gasteiger partial charge in [-0.3, -0.25) is 0 Å². The average Bonchev–Trinajstić information content (AvgIpc) is 2.61. The Bertz CT molecular complexity index is 988. The van der Waals surface area contributed by atoms with Gasteiger partial charge in [0, 0.05) is 11.6 Å². The maximum absolute atomic E-state index is 12.0. The zero-order chi connectivity index (χ0) is 18.7. The molecule has 3 aromatic rings. The summed E-state index contributed by atoms with van der Waals surface area (Å²) >= 11 is 0. The monoisotopic (exact) mass is 352 g/mol. The van der Waals surface area contributed by atoms with Gasteiger partial charge in [-0.25, -0.2) is 9.59 Å². The van der Waals surface area contributed by atoms with Crippen LogP contribution in [0.4, 0.5) is 0 Å². The number of carbonyl (C=O) groups excluding carboxylic acids is 1. The summed E-state index contributed by atoms with van der Waals surface area (Å²) in [6.07, 6.45) is -0.782. The summed E-state index contributed by atoms with van der Waals surface area (Å²) < 4.78 is 16.3. The quantitative estimate of drug-likeness (QED) is 0.511. The van der Waals surface area contributed by atoms with Crippen molar-refractivity contribution < 1.29 is 18.7 Å². The summed E-state index contributed by atoms with van der Waals surface area (Å²) in [5, 5.41) is 0.651. The van der Waals surface area contributed by atoms with E-state index in [4.69, 9.17) is 13.9 Å². The fourth-order valence-corrected chi connectivity index (χ4v) is 2.83. The van der Waals surface area contributed by atoms with Gasteiger partial charge in [-0.2, -0.15) is 0 Å². The molecule has 1 aromatic heterocycles. The number of carbonyl (C=O) groups is 1. The fourth-order valence-electron chi connectivity index (χ4n) is 2.83. The smallest absolute Gasteiger partial charge is 0.347 e. The van der Waals surface area contributed by atoms with Crippen molar-refractivity contribution in [3.05, 3.63) is 64.5 Å². The third-order valence-corrected chi connectivity index (χ3v) is 3.96. The number of rotatable bonds is 5. The second-order valence-corrected chi connectivity index (χ2v) is 5.99. The van der Waals surface area contributed by atoms with Crippen LogP contribution < -0.4 is 10.4 Å². The second-order valence-electron chi connectivity index (χ2n) is 5.99. The Kier molecular flexibility index (Phi) is 5.07. The maximum atomic E-state index is 12.0. The Morgan fingerprint density at radius 1 is 1.15 bits per heavy atom. The van der Waals surface area contributed by atoms with Crippen LogP contribution in [0.15, 0.2) is 57.7 Å². The molecule has 0 N–H and O–H groups in total. The number of esters is 1. The summed E-state index contributed by atoms with van der Waals surface area (Å²) in [6, 6.07) is 14.6. The number of hydrogen-bond donors (Lipinski definition) is 0. The number of fused-ring (bicyclic) bond motifs is 1. The van der Waals surface area contributed by atoms with E-state index in [2.05, 4.69) is 0 Å². The molecule has 2 aromatic carbocycles. The molecule has 0 bridgehead atoms. The van der Waals surface area contributed by atoms with E-state index in [0.717, 1.165) is 11.1 Å². The third kappa shape index (κ3) is 3.61. The van der Waals surface area contributed by atoms with Crippen molar-refractivity contribution in [1.82, 2.24) is 0 Å². The number of hydrogen-bond acceptors (Lipinski definition) is 5. The van der Waals surface area contributed by atoms with E-state index in [1.807, 2.05) is 43.3 Å². The summed E-state index contributed by atoms with van der Waals surface area (Å²) in [4.78, 5) is 24.0. The summed E-state index contributed by atoms with van der Waals surface area (Å²) in [7, 11) is 0. The van der Waals surface area contributed by atoms with E-state index in [0.29, 0.717) is 22.3 Å². The molecule has 0 aliphatic rings. The topological polar surface area (TPSA) is 65.7 Å². The molecule has 0 spiro atoms. The van der Waals surface area contributed by atoms with Crippen LogP contribution in [0.2, 0.25) is 0 Å². The van der Waals surface area contributed by atoms with Crippen molar-refractivity contribution in [2.75, 3.05) is 6.61 Å². The zero-order valence-electron chi connectivity index (χ0n) is 14.9. The van der Waals surface area contributed by atoms with Gasteiger partial charge in [-0.15, -0.1) is 0 Å². The predicted octanol–water partition coefficient (Wildman–Crippen LogP) is 4.10. The SMILES string of the molecule is CCOC(=O)[C@H](C)Oc1cc(C)cc2oc(=O)cc(-c3ccccc3)c12. The van der Waals surface area contributed by atoms with E-state index in [1.165, 1.54) is 6.07 Å². The maximum Gasteiger partial charge on any atom is 0.347 e. The highest BCUT2D eigenvalue weighted by Crippen LogP contribution is 2.35. The minimum absolute atomic E-state index is 0.283. The molecule has 0 aliphatic carbocycles.